The molecule has 1 spiro atoms. The van der Waals surface area contributed by atoms with Gasteiger partial charge in [0.05, 0.1) is 40.6 Å². The van der Waals surface area contributed by atoms with Crippen LogP contribution in [0.3, 0.4) is 0 Å². The SMILES string of the molecule is CC.COc1ccc2c3c1OC1c4nc5cccc6c5c(c4CC4(O)[C@@H](C2)N(C)CC[C@]314)NC6=O. The molecule has 4 atom stereocenters. The number of nitrogens with zero attached hydrogens (tertiary/aromatic N) is 2. The topological polar surface area (TPSA) is 83.9 Å². The van der Waals surface area contributed by atoms with Gasteiger partial charge in [-0.05, 0) is 50.2 Å². The molecule has 1 amide bonds. The van der Waals surface area contributed by atoms with Crippen LogP contribution < -0.4 is 14.8 Å². The first-order valence-electron chi connectivity index (χ1n) is 12.5. The highest BCUT2D eigenvalue weighted by atomic mass is 16.5. The molecule has 2 unspecified atom stereocenters. The van der Waals surface area contributed by atoms with E-state index < -0.39 is 17.1 Å². The Balaban J connectivity index is 0.00000103. The van der Waals surface area contributed by atoms with Crippen LogP contribution in [0.2, 0.25) is 0 Å². The second kappa shape index (κ2) is 6.74. The predicted molar refractivity (Wildman–Crippen MR) is 132 cm³/mol. The number of methoxy groups -OCH3 is 1. The number of likely N-dealkylation sites (tertiary alicyclic amines) is 1. The van der Waals surface area contributed by atoms with E-state index in [-0.39, 0.29) is 11.9 Å². The van der Waals surface area contributed by atoms with Crippen LogP contribution in [0.25, 0.3) is 10.9 Å². The maximum absolute atomic E-state index is 12.8. The monoisotopic (exact) mass is 471 g/mol. The van der Waals surface area contributed by atoms with Crippen molar-refractivity contribution < 1.29 is 19.4 Å². The summed E-state index contributed by atoms with van der Waals surface area (Å²) in [6, 6.07) is 9.72. The number of carbonyl (C=O) groups is 1. The van der Waals surface area contributed by atoms with Gasteiger partial charge in [-0.1, -0.05) is 26.0 Å². The highest BCUT2D eigenvalue weighted by molar-refractivity contribution is 6.24. The molecule has 5 aliphatic rings. The van der Waals surface area contributed by atoms with E-state index in [9.17, 15) is 9.90 Å². The van der Waals surface area contributed by atoms with Gasteiger partial charge in [0, 0.05) is 29.0 Å². The fraction of sp³-hybridized carbons (Fsp3) is 0.429. The predicted octanol–water partition coefficient (Wildman–Crippen LogP) is 3.75. The van der Waals surface area contributed by atoms with Crippen LogP contribution in [-0.2, 0) is 18.3 Å². The van der Waals surface area contributed by atoms with Crippen LogP contribution in [0.5, 0.6) is 11.5 Å². The summed E-state index contributed by atoms with van der Waals surface area (Å²) in [4.78, 5) is 20.1. The minimum Gasteiger partial charge on any atom is -0.493 e. The zero-order chi connectivity index (χ0) is 24.3. The Hall–Kier alpha value is -3.16. The summed E-state index contributed by atoms with van der Waals surface area (Å²) in [7, 11) is 3.76. The molecule has 1 fully saturated rings. The van der Waals surface area contributed by atoms with Gasteiger partial charge in [0.2, 0.25) is 0 Å². The molecule has 7 heteroatoms. The number of nitrogens with one attached hydrogen (secondary N) is 1. The van der Waals surface area contributed by atoms with E-state index in [1.54, 1.807) is 7.11 Å². The van der Waals surface area contributed by atoms with Crippen molar-refractivity contribution in [2.45, 2.75) is 56.3 Å². The Morgan fingerprint density at radius 1 is 1.26 bits per heavy atom. The maximum Gasteiger partial charge on any atom is 0.256 e. The van der Waals surface area contributed by atoms with Gasteiger partial charge in [0.1, 0.15) is 0 Å². The molecular weight excluding hydrogens is 442 g/mol. The fourth-order valence-corrected chi connectivity index (χ4v) is 7.62. The normalized spacial score (nSPS) is 30.6. The number of aliphatic hydroxyl groups is 1. The van der Waals surface area contributed by atoms with Gasteiger partial charge in [-0.25, -0.2) is 4.98 Å². The molecule has 1 aromatic heterocycles. The van der Waals surface area contributed by atoms with Crippen molar-refractivity contribution in [3.63, 3.8) is 0 Å². The first kappa shape index (κ1) is 21.1. The average molecular weight is 472 g/mol. The summed E-state index contributed by atoms with van der Waals surface area (Å²) >= 11 is 0. The summed E-state index contributed by atoms with van der Waals surface area (Å²) in [6.07, 6.45) is 1.52. The van der Waals surface area contributed by atoms with Crippen molar-refractivity contribution in [2.75, 3.05) is 26.0 Å². The van der Waals surface area contributed by atoms with Gasteiger partial charge in [0.25, 0.3) is 5.91 Å². The van der Waals surface area contributed by atoms with E-state index in [1.165, 1.54) is 5.56 Å². The molecule has 3 aromatic rings. The van der Waals surface area contributed by atoms with Crippen molar-refractivity contribution >= 4 is 22.5 Å². The van der Waals surface area contributed by atoms with Crippen LogP contribution in [0.1, 0.15) is 59.1 Å². The second-order valence-electron chi connectivity index (χ2n) is 10.2. The fourth-order valence-electron chi connectivity index (χ4n) is 7.62. The van der Waals surface area contributed by atoms with Crippen molar-refractivity contribution in [2.24, 2.45) is 0 Å². The molecule has 2 N–H and O–H groups in total. The van der Waals surface area contributed by atoms with Crippen LogP contribution >= 0.6 is 0 Å². The lowest BCUT2D eigenvalue weighted by Crippen LogP contribution is -2.74. The lowest BCUT2D eigenvalue weighted by molar-refractivity contribution is -0.167. The van der Waals surface area contributed by atoms with E-state index in [2.05, 4.69) is 23.3 Å². The molecule has 2 aliphatic carbocycles. The molecule has 2 bridgehead atoms. The lowest BCUT2D eigenvalue weighted by atomic mass is 9.49. The average Bonchev–Trinajstić information content (AvgIpc) is 3.40. The van der Waals surface area contributed by atoms with E-state index in [4.69, 9.17) is 14.5 Å². The van der Waals surface area contributed by atoms with E-state index >= 15 is 0 Å². The standard InChI is InChI=1S/C26H23N3O4.C2H6/c1-29-9-8-25-19-12-6-7-16(32-2)22(19)33-23(25)21-14(11-26(25,31)17(29)10-12)20-18-13(24(30)28-20)4-3-5-15(18)27-21;1-2/h3-7,17,23,31H,8-11H2,1-2H3,(H,28,30);1-2H3/t17-,23?,25+,26?;/m1./s1. The summed E-state index contributed by atoms with van der Waals surface area (Å²) in [6.45, 7) is 4.87. The second-order valence-corrected chi connectivity index (χ2v) is 10.2. The Morgan fingerprint density at radius 2 is 2.09 bits per heavy atom. The molecule has 0 radical (unpaired) electrons. The minimum atomic E-state index is -1.05. The summed E-state index contributed by atoms with van der Waals surface area (Å²) in [5.74, 6) is 1.32. The van der Waals surface area contributed by atoms with Crippen molar-refractivity contribution in [1.82, 2.24) is 9.88 Å². The van der Waals surface area contributed by atoms with Gasteiger partial charge in [-0.3, -0.25) is 4.79 Å². The van der Waals surface area contributed by atoms with Gasteiger partial charge >= 0.3 is 0 Å². The third kappa shape index (κ3) is 2.21. The highest BCUT2D eigenvalue weighted by Crippen LogP contribution is 2.69. The van der Waals surface area contributed by atoms with Crippen molar-refractivity contribution in [1.29, 1.82) is 0 Å². The summed E-state index contributed by atoms with van der Waals surface area (Å²) in [5, 5.41) is 16.6. The van der Waals surface area contributed by atoms with E-state index in [0.29, 0.717) is 17.7 Å². The molecular formula is C28H29N3O4. The smallest absolute Gasteiger partial charge is 0.256 e. The largest absolute Gasteiger partial charge is 0.493 e. The number of amides is 1. The van der Waals surface area contributed by atoms with Gasteiger partial charge in [-0.15, -0.1) is 0 Å². The van der Waals surface area contributed by atoms with Crippen LogP contribution in [0, 0.1) is 0 Å². The molecule has 0 saturated carbocycles. The van der Waals surface area contributed by atoms with Gasteiger partial charge < -0.3 is 24.8 Å². The quantitative estimate of drug-likeness (QED) is 0.562. The summed E-state index contributed by atoms with van der Waals surface area (Å²) in [5.41, 5.74) is 4.63. The third-order valence-corrected chi connectivity index (χ3v) is 9.01. The molecule has 3 aliphatic heterocycles. The zero-order valence-corrected chi connectivity index (χ0v) is 20.4. The first-order valence-corrected chi connectivity index (χ1v) is 12.5. The molecule has 180 valence electrons. The Morgan fingerprint density at radius 3 is 2.89 bits per heavy atom. The van der Waals surface area contributed by atoms with Crippen LogP contribution in [-0.4, -0.2) is 53.2 Å². The lowest BCUT2D eigenvalue weighted by Gasteiger charge is -2.62. The van der Waals surface area contributed by atoms with E-state index in [1.807, 2.05) is 38.1 Å². The van der Waals surface area contributed by atoms with Crippen molar-refractivity contribution in [3.8, 4) is 11.5 Å². The number of carbonyl (C=O) groups excluding carboxylic acids is 1. The zero-order valence-electron chi connectivity index (χ0n) is 20.4. The summed E-state index contributed by atoms with van der Waals surface area (Å²) < 4.78 is 12.4. The highest BCUT2D eigenvalue weighted by Gasteiger charge is 2.72. The third-order valence-electron chi connectivity index (χ3n) is 9.01. The number of likely N-dealkylation sites (N-methyl/N-ethyl adjacent to an activating group) is 1. The number of hydrogen-bond acceptors (Lipinski definition) is 6. The molecule has 8 rings (SSSR count). The van der Waals surface area contributed by atoms with Crippen LogP contribution in [0.4, 0.5) is 5.69 Å². The number of anilines is 1. The number of aromatic nitrogens is 1. The van der Waals surface area contributed by atoms with Crippen LogP contribution in [0.15, 0.2) is 30.3 Å². The molecule has 1 saturated heterocycles. The molecule has 4 heterocycles. The maximum atomic E-state index is 12.8. The molecule has 35 heavy (non-hydrogen) atoms. The van der Waals surface area contributed by atoms with Gasteiger partial charge in [-0.2, -0.15) is 0 Å². The Kier molecular flexibility index (Phi) is 4.07. The number of piperidine rings is 1. The van der Waals surface area contributed by atoms with E-state index in [0.717, 1.165) is 58.5 Å². The number of fused-ring (bicyclic) bond motifs is 3. The number of benzene rings is 2. The Labute approximate surface area is 204 Å². The number of hydrogen-bond donors (Lipinski definition) is 2. The van der Waals surface area contributed by atoms with Crippen molar-refractivity contribution in [3.05, 3.63) is 58.3 Å². The minimum absolute atomic E-state index is 0.0485. The molecule has 2 aromatic carbocycles. The Bertz CT molecular complexity index is 1450. The molecule has 7 nitrogen and oxygen atoms in total. The van der Waals surface area contributed by atoms with Gasteiger partial charge in [0.15, 0.2) is 17.6 Å². The first-order chi connectivity index (χ1) is 17.0. The number of pyridine rings is 1. The number of rotatable bonds is 1. The number of ether oxygens (including phenoxy) is 2.